The topological polar surface area (TPSA) is 51.8 Å². The van der Waals surface area contributed by atoms with E-state index in [9.17, 15) is 0 Å². The average molecular weight is 213 g/mol. The highest BCUT2D eigenvalue weighted by Crippen LogP contribution is 2.18. The summed E-state index contributed by atoms with van der Waals surface area (Å²) in [6, 6.07) is 10.1. The normalized spacial score (nSPS) is 10.4. The first-order valence-corrected chi connectivity index (χ1v) is 5.30. The van der Waals surface area contributed by atoms with E-state index in [0.29, 0.717) is 6.54 Å². The zero-order chi connectivity index (χ0) is 11.5. The Morgan fingerprint density at radius 2 is 1.75 bits per heavy atom. The maximum atomic E-state index is 5.56. The van der Waals surface area contributed by atoms with Gasteiger partial charge in [0.05, 0.1) is 5.69 Å². The predicted octanol–water partition coefficient (Wildman–Crippen LogP) is 2.22. The summed E-state index contributed by atoms with van der Waals surface area (Å²) in [6.07, 6.45) is 0. The van der Waals surface area contributed by atoms with E-state index in [2.05, 4.69) is 9.97 Å². The number of nitrogens with two attached hydrogens (primary N) is 1. The van der Waals surface area contributed by atoms with Crippen LogP contribution in [0.25, 0.3) is 11.3 Å². The van der Waals surface area contributed by atoms with E-state index >= 15 is 0 Å². The zero-order valence-corrected chi connectivity index (χ0v) is 9.57. The number of benzene rings is 1. The molecule has 0 unspecified atom stereocenters. The monoisotopic (exact) mass is 213 g/mol. The summed E-state index contributed by atoms with van der Waals surface area (Å²) < 4.78 is 0. The molecule has 2 aromatic rings. The molecule has 3 nitrogen and oxygen atoms in total. The van der Waals surface area contributed by atoms with Gasteiger partial charge in [-0.2, -0.15) is 0 Å². The Hall–Kier alpha value is -1.74. The van der Waals surface area contributed by atoms with Gasteiger partial charge in [-0.05, 0) is 25.5 Å². The Bertz CT molecular complexity index is 469. The van der Waals surface area contributed by atoms with E-state index in [1.54, 1.807) is 0 Å². The van der Waals surface area contributed by atoms with Crippen molar-refractivity contribution in [1.29, 1.82) is 0 Å². The molecule has 1 aromatic heterocycles. The van der Waals surface area contributed by atoms with E-state index < -0.39 is 0 Å². The minimum Gasteiger partial charge on any atom is -0.326 e. The lowest BCUT2D eigenvalue weighted by atomic mass is 10.1. The van der Waals surface area contributed by atoms with Gasteiger partial charge in [0.15, 0.2) is 0 Å². The second-order valence-corrected chi connectivity index (χ2v) is 3.84. The van der Waals surface area contributed by atoms with Crippen molar-refractivity contribution in [3.8, 4) is 11.3 Å². The van der Waals surface area contributed by atoms with Gasteiger partial charge in [0.1, 0.15) is 5.82 Å². The van der Waals surface area contributed by atoms with Crippen LogP contribution in [0.2, 0.25) is 0 Å². The predicted molar refractivity (Wildman–Crippen MR) is 64.8 cm³/mol. The highest BCUT2D eigenvalue weighted by atomic mass is 14.9. The molecule has 0 fully saturated rings. The molecule has 0 radical (unpaired) electrons. The van der Waals surface area contributed by atoms with Gasteiger partial charge < -0.3 is 5.73 Å². The van der Waals surface area contributed by atoms with Crippen molar-refractivity contribution in [1.82, 2.24) is 9.97 Å². The van der Waals surface area contributed by atoms with E-state index in [4.69, 9.17) is 5.73 Å². The average Bonchev–Trinajstić information content (AvgIpc) is 2.28. The van der Waals surface area contributed by atoms with Crippen LogP contribution in [0.3, 0.4) is 0 Å². The van der Waals surface area contributed by atoms with Crippen molar-refractivity contribution in [2.45, 2.75) is 20.4 Å². The summed E-state index contributed by atoms with van der Waals surface area (Å²) in [7, 11) is 0. The van der Waals surface area contributed by atoms with Crippen LogP contribution < -0.4 is 5.73 Å². The summed E-state index contributed by atoms with van der Waals surface area (Å²) in [4.78, 5) is 8.68. The van der Waals surface area contributed by atoms with E-state index in [1.807, 2.05) is 44.2 Å². The number of aromatic nitrogens is 2. The zero-order valence-electron chi connectivity index (χ0n) is 9.57. The molecule has 1 heterocycles. The summed E-state index contributed by atoms with van der Waals surface area (Å²) in [5.74, 6) is 0.804. The summed E-state index contributed by atoms with van der Waals surface area (Å²) in [5, 5.41) is 0. The first-order chi connectivity index (χ1) is 7.69. The van der Waals surface area contributed by atoms with E-state index in [1.165, 1.54) is 0 Å². The van der Waals surface area contributed by atoms with Crippen molar-refractivity contribution >= 4 is 0 Å². The smallest absolute Gasteiger partial charge is 0.126 e. The van der Waals surface area contributed by atoms with Crippen molar-refractivity contribution in [3.63, 3.8) is 0 Å². The first kappa shape index (κ1) is 10.8. The number of rotatable bonds is 2. The molecule has 3 heteroatoms. The third-order valence-electron chi connectivity index (χ3n) is 2.45. The molecule has 0 amide bonds. The molecule has 2 N–H and O–H groups in total. The number of nitrogens with zero attached hydrogens (tertiary/aromatic N) is 2. The molecule has 0 saturated carbocycles. The largest absolute Gasteiger partial charge is 0.326 e. The molecule has 2 rings (SSSR count). The van der Waals surface area contributed by atoms with Gasteiger partial charge in [-0.15, -0.1) is 0 Å². The van der Waals surface area contributed by atoms with E-state index in [0.717, 1.165) is 28.3 Å². The highest BCUT2D eigenvalue weighted by molar-refractivity contribution is 5.59. The molecule has 0 aliphatic heterocycles. The summed E-state index contributed by atoms with van der Waals surface area (Å²) in [5.41, 5.74) is 9.75. The van der Waals surface area contributed by atoms with Crippen LogP contribution in [0.5, 0.6) is 0 Å². The molecule has 1 aromatic carbocycles. The van der Waals surface area contributed by atoms with Crippen molar-refractivity contribution < 1.29 is 0 Å². The van der Waals surface area contributed by atoms with Crippen LogP contribution in [0.15, 0.2) is 30.3 Å². The fourth-order valence-corrected chi connectivity index (χ4v) is 1.68. The van der Waals surface area contributed by atoms with Crippen molar-refractivity contribution in [2.24, 2.45) is 5.73 Å². The lowest BCUT2D eigenvalue weighted by Crippen LogP contribution is -1.96. The second-order valence-electron chi connectivity index (χ2n) is 3.84. The molecule has 0 spiro atoms. The third-order valence-corrected chi connectivity index (χ3v) is 2.45. The van der Waals surface area contributed by atoms with Gasteiger partial charge in [-0.1, -0.05) is 24.3 Å². The third kappa shape index (κ3) is 2.25. The number of hydrogen-bond donors (Lipinski definition) is 1. The van der Waals surface area contributed by atoms with Gasteiger partial charge in [0.25, 0.3) is 0 Å². The Kier molecular flexibility index (Phi) is 2.97. The van der Waals surface area contributed by atoms with Crippen LogP contribution in [-0.4, -0.2) is 9.97 Å². The van der Waals surface area contributed by atoms with Crippen LogP contribution in [0, 0.1) is 13.8 Å². The van der Waals surface area contributed by atoms with E-state index in [-0.39, 0.29) is 0 Å². The molecule has 0 atom stereocenters. The SMILES string of the molecule is Cc1cc(-c2ccc(CN)cc2)nc(C)n1. The molecule has 0 saturated heterocycles. The Labute approximate surface area is 95.4 Å². The Balaban J connectivity index is 2.42. The molecule has 82 valence electrons. The molecule has 0 aliphatic carbocycles. The molecule has 0 bridgehead atoms. The van der Waals surface area contributed by atoms with Gasteiger partial charge in [-0.25, -0.2) is 9.97 Å². The summed E-state index contributed by atoms with van der Waals surface area (Å²) in [6.45, 7) is 4.46. The minimum atomic E-state index is 0.572. The fourth-order valence-electron chi connectivity index (χ4n) is 1.68. The van der Waals surface area contributed by atoms with Crippen molar-refractivity contribution in [2.75, 3.05) is 0 Å². The van der Waals surface area contributed by atoms with Gasteiger partial charge in [0.2, 0.25) is 0 Å². The molecule has 16 heavy (non-hydrogen) atoms. The first-order valence-electron chi connectivity index (χ1n) is 5.30. The van der Waals surface area contributed by atoms with Crippen molar-refractivity contribution in [3.05, 3.63) is 47.4 Å². The quantitative estimate of drug-likeness (QED) is 0.832. The standard InChI is InChI=1S/C13H15N3/c1-9-7-13(16-10(2)15-9)12-5-3-11(8-14)4-6-12/h3-7H,8,14H2,1-2H3. The summed E-state index contributed by atoms with van der Waals surface area (Å²) >= 11 is 0. The second kappa shape index (κ2) is 4.41. The van der Waals surface area contributed by atoms with Gasteiger partial charge in [-0.3, -0.25) is 0 Å². The molecular formula is C13H15N3. The maximum Gasteiger partial charge on any atom is 0.126 e. The lowest BCUT2D eigenvalue weighted by Gasteiger charge is -2.04. The van der Waals surface area contributed by atoms with Crippen LogP contribution in [-0.2, 0) is 6.54 Å². The Morgan fingerprint density at radius 3 is 2.31 bits per heavy atom. The van der Waals surface area contributed by atoms with Crippen LogP contribution in [0.4, 0.5) is 0 Å². The molecular weight excluding hydrogens is 198 g/mol. The lowest BCUT2D eigenvalue weighted by molar-refractivity contribution is 1.01. The number of aryl methyl sites for hydroxylation is 2. The van der Waals surface area contributed by atoms with Gasteiger partial charge >= 0.3 is 0 Å². The van der Waals surface area contributed by atoms with Gasteiger partial charge in [0, 0.05) is 17.8 Å². The fraction of sp³-hybridized carbons (Fsp3) is 0.231. The minimum absolute atomic E-state index is 0.572. The number of hydrogen-bond acceptors (Lipinski definition) is 3. The van der Waals surface area contributed by atoms with Crippen LogP contribution >= 0.6 is 0 Å². The molecule has 0 aliphatic rings. The van der Waals surface area contributed by atoms with Crippen LogP contribution in [0.1, 0.15) is 17.1 Å². The highest BCUT2D eigenvalue weighted by Gasteiger charge is 2.01. The Morgan fingerprint density at radius 1 is 1.06 bits per heavy atom. The maximum absolute atomic E-state index is 5.56.